The first-order valence-electron chi connectivity index (χ1n) is 8.48. The number of likely N-dealkylation sites (tertiary alicyclic amines) is 1. The lowest BCUT2D eigenvalue weighted by Gasteiger charge is -2.25. The van der Waals surface area contributed by atoms with E-state index in [9.17, 15) is 9.59 Å². The van der Waals surface area contributed by atoms with Gasteiger partial charge < -0.3 is 15.3 Å². The maximum atomic E-state index is 12.6. The van der Waals surface area contributed by atoms with E-state index in [2.05, 4.69) is 30.4 Å². The molecular weight excluding hydrogens is 316 g/mol. The summed E-state index contributed by atoms with van der Waals surface area (Å²) in [5.74, 6) is -0.950. The van der Waals surface area contributed by atoms with Crippen LogP contribution in [0.4, 0.5) is 4.79 Å². The molecule has 3 rings (SSSR count). The number of nitrogens with zero attached hydrogens (tertiary/aromatic N) is 1. The molecule has 0 bridgehead atoms. The minimum atomic E-state index is -0.950. The maximum Gasteiger partial charge on any atom is 0.335 e. The average Bonchev–Trinajstić information content (AvgIpc) is 3.10. The van der Waals surface area contributed by atoms with Gasteiger partial charge in [0.05, 0.1) is 11.6 Å². The number of aromatic carboxylic acids is 1. The predicted molar refractivity (Wildman–Crippen MR) is 95.5 cm³/mol. The molecule has 5 heteroatoms. The third kappa shape index (κ3) is 3.99. The fourth-order valence-electron chi connectivity index (χ4n) is 3.28. The molecule has 0 aliphatic carbocycles. The van der Waals surface area contributed by atoms with Crippen molar-refractivity contribution in [3.8, 4) is 0 Å². The fourth-order valence-corrected chi connectivity index (χ4v) is 3.28. The number of nitrogens with one attached hydrogen (secondary N) is 1. The average molecular weight is 338 g/mol. The Hall–Kier alpha value is -2.82. The molecule has 1 heterocycles. The van der Waals surface area contributed by atoms with E-state index in [0.29, 0.717) is 6.54 Å². The van der Waals surface area contributed by atoms with Crippen molar-refractivity contribution in [3.63, 3.8) is 0 Å². The number of carboxylic acid groups (broad SMARTS) is 1. The summed E-state index contributed by atoms with van der Waals surface area (Å²) in [5.41, 5.74) is 3.50. The maximum absolute atomic E-state index is 12.6. The summed E-state index contributed by atoms with van der Waals surface area (Å²) < 4.78 is 0. The van der Waals surface area contributed by atoms with Crippen LogP contribution in [0.3, 0.4) is 0 Å². The monoisotopic (exact) mass is 338 g/mol. The third-order valence-corrected chi connectivity index (χ3v) is 4.59. The van der Waals surface area contributed by atoms with Crippen LogP contribution < -0.4 is 5.32 Å². The normalized spacial score (nSPS) is 16.7. The van der Waals surface area contributed by atoms with Gasteiger partial charge in [0.1, 0.15) is 0 Å². The van der Waals surface area contributed by atoms with Crippen molar-refractivity contribution in [2.75, 3.05) is 6.54 Å². The van der Waals surface area contributed by atoms with Gasteiger partial charge in [-0.25, -0.2) is 9.59 Å². The molecule has 25 heavy (non-hydrogen) atoms. The summed E-state index contributed by atoms with van der Waals surface area (Å²) in [6.45, 7) is 3.20. The number of benzene rings is 2. The summed E-state index contributed by atoms with van der Waals surface area (Å²) in [7, 11) is 0. The Morgan fingerprint density at radius 3 is 2.64 bits per heavy atom. The van der Waals surface area contributed by atoms with Gasteiger partial charge in [0.25, 0.3) is 0 Å². The standard InChI is InChI=1S/C20H22N2O3/c1-14-4-2-5-17(12-14)18-6-3-11-22(18)20(25)21-13-15-7-9-16(10-8-15)19(23)24/h2,4-5,7-10,12,18H,3,6,11,13H2,1H3,(H,21,25)(H,23,24). The second kappa shape index (κ2) is 7.38. The number of rotatable bonds is 4. The Bertz CT molecular complexity index is 771. The first-order valence-corrected chi connectivity index (χ1v) is 8.48. The molecule has 1 atom stereocenters. The van der Waals surface area contributed by atoms with Crippen LogP contribution >= 0.6 is 0 Å². The lowest BCUT2D eigenvalue weighted by Crippen LogP contribution is -2.39. The van der Waals surface area contributed by atoms with Crippen LogP contribution in [0.1, 0.15) is 45.9 Å². The van der Waals surface area contributed by atoms with Gasteiger partial charge in [0.15, 0.2) is 0 Å². The van der Waals surface area contributed by atoms with E-state index in [4.69, 9.17) is 5.11 Å². The summed E-state index contributed by atoms with van der Waals surface area (Å²) in [4.78, 5) is 25.3. The van der Waals surface area contributed by atoms with Gasteiger partial charge in [-0.2, -0.15) is 0 Å². The molecule has 0 aromatic heterocycles. The SMILES string of the molecule is Cc1cccc(C2CCCN2C(=O)NCc2ccc(C(=O)O)cc2)c1. The molecule has 1 saturated heterocycles. The number of carbonyl (C=O) groups excluding carboxylic acids is 1. The van der Waals surface area contributed by atoms with Crippen molar-refractivity contribution < 1.29 is 14.7 Å². The largest absolute Gasteiger partial charge is 0.478 e. The Morgan fingerprint density at radius 1 is 1.20 bits per heavy atom. The van der Waals surface area contributed by atoms with Crippen molar-refractivity contribution in [2.24, 2.45) is 0 Å². The van der Waals surface area contributed by atoms with E-state index in [1.807, 2.05) is 11.0 Å². The van der Waals surface area contributed by atoms with Crippen molar-refractivity contribution in [3.05, 3.63) is 70.8 Å². The van der Waals surface area contributed by atoms with Crippen LogP contribution in [0.2, 0.25) is 0 Å². The van der Waals surface area contributed by atoms with Gasteiger partial charge in [0.2, 0.25) is 0 Å². The molecule has 2 amide bonds. The summed E-state index contributed by atoms with van der Waals surface area (Å²) >= 11 is 0. The molecule has 1 aliphatic rings. The van der Waals surface area contributed by atoms with Gasteiger partial charge in [-0.05, 0) is 43.0 Å². The van der Waals surface area contributed by atoms with Gasteiger partial charge >= 0.3 is 12.0 Å². The highest BCUT2D eigenvalue weighted by Gasteiger charge is 2.29. The zero-order chi connectivity index (χ0) is 17.8. The molecule has 2 N–H and O–H groups in total. The van der Waals surface area contributed by atoms with E-state index < -0.39 is 5.97 Å². The zero-order valence-corrected chi connectivity index (χ0v) is 14.2. The number of carbonyl (C=O) groups is 2. The molecule has 0 radical (unpaired) electrons. The zero-order valence-electron chi connectivity index (χ0n) is 14.2. The van der Waals surface area contributed by atoms with Crippen LogP contribution in [-0.4, -0.2) is 28.6 Å². The van der Waals surface area contributed by atoms with Gasteiger partial charge in [0, 0.05) is 13.1 Å². The Morgan fingerprint density at radius 2 is 1.96 bits per heavy atom. The number of hydrogen-bond donors (Lipinski definition) is 2. The Balaban J connectivity index is 1.63. The molecule has 1 unspecified atom stereocenters. The van der Waals surface area contributed by atoms with Gasteiger partial charge in [-0.3, -0.25) is 0 Å². The van der Waals surface area contributed by atoms with Crippen LogP contribution in [0.15, 0.2) is 48.5 Å². The fraction of sp³-hybridized carbons (Fsp3) is 0.300. The summed E-state index contributed by atoms with van der Waals surface area (Å²) in [5, 5.41) is 11.9. The second-order valence-corrected chi connectivity index (χ2v) is 6.43. The lowest BCUT2D eigenvalue weighted by molar-refractivity contribution is 0.0697. The Labute approximate surface area is 147 Å². The van der Waals surface area contributed by atoms with Crippen LogP contribution in [0, 0.1) is 6.92 Å². The van der Waals surface area contributed by atoms with E-state index in [-0.39, 0.29) is 17.6 Å². The van der Waals surface area contributed by atoms with E-state index in [1.165, 1.54) is 11.1 Å². The molecule has 2 aromatic rings. The summed E-state index contributed by atoms with van der Waals surface area (Å²) in [6, 6.07) is 14.9. The van der Waals surface area contributed by atoms with Crippen molar-refractivity contribution in [2.45, 2.75) is 32.4 Å². The van der Waals surface area contributed by atoms with E-state index in [1.54, 1.807) is 24.3 Å². The number of amides is 2. The highest BCUT2D eigenvalue weighted by atomic mass is 16.4. The highest BCUT2D eigenvalue weighted by Crippen LogP contribution is 2.32. The van der Waals surface area contributed by atoms with Crippen LogP contribution in [-0.2, 0) is 6.54 Å². The molecule has 130 valence electrons. The molecule has 1 fully saturated rings. The number of urea groups is 1. The number of aryl methyl sites for hydroxylation is 1. The van der Waals surface area contributed by atoms with Crippen LogP contribution in [0.25, 0.3) is 0 Å². The molecule has 0 saturated carbocycles. The summed E-state index contributed by atoms with van der Waals surface area (Å²) in [6.07, 6.45) is 1.98. The van der Waals surface area contributed by atoms with Crippen molar-refractivity contribution >= 4 is 12.0 Å². The molecule has 2 aromatic carbocycles. The van der Waals surface area contributed by atoms with Gasteiger partial charge in [-0.15, -0.1) is 0 Å². The first kappa shape index (κ1) is 17.0. The lowest BCUT2D eigenvalue weighted by atomic mass is 10.0. The smallest absolute Gasteiger partial charge is 0.335 e. The molecule has 1 aliphatic heterocycles. The predicted octanol–water partition coefficient (Wildman–Crippen LogP) is 3.74. The minimum absolute atomic E-state index is 0.0775. The Kier molecular flexibility index (Phi) is 5.03. The molecule has 5 nitrogen and oxygen atoms in total. The first-order chi connectivity index (χ1) is 12.0. The molecular formula is C20H22N2O3. The number of carboxylic acids is 1. The van der Waals surface area contributed by atoms with Crippen molar-refractivity contribution in [1.29, 1.82) is 0 Å². The third-order valence-electron chi connectivity index (χ3n) is 4.59. The minimum Gasteiger partial charge on any atom is -0.478 e. The van der Waals surface area contributed by atoms with E-state index in [0.717, 1.165) is 24.9 Å². The topological polar surface area (TPSA) is 69.6 Å². The van der Waals surface area contributed by atoms with Crippen LogP contribution in [0.5, 0.6) is 0 Å². The quantitative estimate of drug-likeness (QED) is 0.892. The van der Waals surface area contributed by atoms with Crippen molar-refractivity contribution in [1.82, 2.24) is 10.2 Å². The highest BCUT2D eigenvalue weighted by molar-refractivity contribution is 5.87. The number of hydrogen-bond acceptors (Lipinski definition) is 2. The van der Waals surface area contributed by atoms with E-state index >= 15 is 0 Å². The van der Waals surface area contributed by atoms with Gasteiger partial charge in [-0.1, -0.05) is 42.0 Å². The molecule has 0 spiro atoms. The second-order valence-electron chi connectivity index (χ2n) is 6.43.